The van der Waals surface area contributed by atoms with Crippen LogP contribution in [0.1, 0.15) is 0 Å². The maximum absolute atomic E-state index is 5.59. The van der Waals surface area contributed by atoms with Crippen LogP contribution in [-0.2, 0) is 0 Å². The first kappa shape index (κ1) is 29.4. The number of benzene rings is 8. The first-order valence-electron chi connectivity index (χ1n) is 18.7. The third kappa shape index (κ3) is 3.94. The van der Waals surface area contributed by atoms with Gasteiger partial charge in [-0.05, 0) is 58.3 Å². The predicted molar refractivity (Wildman–Crippen MR) is 232 cm³/mol. The van der Waals surface area contributed by atoms with E-state index in [4.69, 9.17) is 9.97 Å². The molecule has 4 nitrogen and oxygen atoms in total. The molecule has 0 saturated heterocycles. The molecule has 5 aromatic heterocycles. The van der Waals surface area contributed by atoms with Crippen molar-refractivity contribution in [3.63, 3.8) is 0 Å². The normalized spacial score (nSPS) is 12.4. The summed E-state index contributed by atoms with van der Waals surface area (Å²) < 4.78 is 7.21. The Kier molecular flexibility index (Phi) is 5.74. The lowest BCUT2D eigenvalue weighted by Gasteiger charge is -2.12. The van der Waals surface area contributed by atoms with Gasteiger partial charge in [0.25, 0.3) is 0 Å². The summed E-state index contributed by atoms with van der Waals surface area (Å²) in [5, 5.41) is 11.1. The van der Waals surface area contributed by atoms with Gasteiger partial charge >= 0.3 is 0 Å². The molecular formula is C50H28N4S. The summed E-state index contributed by atoms with van der Waals surface area (Å²) in [6.45, 7) is 0. The van der Waals surface area contributed by atoms with E-state index in [0.717, 1.165) is 38.0 Å². The molecule has 0 N–H and O–H groups in total. The van der Waals surface area contributed by atoms with E-state index in [1.54, 1.807) is 11.3 Å². The van der Waals surface area contributed by atoms with E-state index in [0.29, 0.717) is 5.82 Å². The minimum atomic E-state index is 0.717. The second-order valence-corrected chi connectivity index (χ2v) is 15.6. The topological polar surface area (TPSA) is 35.1 Å². The van der Waals surface area contributed by atoms with Crippen LogP contribution in [0, 0.1) is 0 Å². The highest BCUT2D eigenvalue weighted by Gasteiger charge is 2.26. The molecule has 5 heteroatoms. The van der Waals surface area contributed by atoms with Crippen LogP contribution in [0.25, 0.3) is 119 Å². The standard InChI is InChI=1S/C50H28N4S/c1-2-12-29(13-3-1)30-22-24-31(25-23-30)49-51-46-36-18-8-11-21-43(36)55-48(46)50(52-49)54-41-27-33-15-5-4-14-32(33)26-38(41)44-42(54)28-37-34-16-6-9-19-39(34)53-40-20-10-7-17-35(40)45(44)47(37)53/h1-28H. The molecule has 8 aromatic carbocycles. The van der Waals surface area contributed by atoms with Crippen LogP contribution in [0.3, 0.4) is 0 Å². The van der Waals surface area contributed by atoms with Gasteiger partial charge in [-0.15, -0.1) is 11.3 Å². The molecule has 5 heterocycles. The van der Waals surface area contributed by atoms with E-state index in [9.17, 15) is 0 Å². The van der Waals surface area contributed by atoms with E-state index < -0.39 is 0 Å². The maximum Gasteiger partial charge on any atom is 0.162 e. The molecule has 0 bridgehead atoms. The zero-order chi connectivity index (χ0) is 35.8. The molecule has 13 rings (SSSR count). The van der Waals surface area contributed by atoms with Crippen molar-refractivity contribution in [2.45, 2.75) is 0 Å². The van der Waals surface area contributed by atoms with Crippen molar-refractivity contribution in [3.05, 3.63) is 170 Å². The summed E-state index contributed by atoms with van der Waals surface area (Å²) in [7, 11) is 0. The number of hydrogen-bond acceptors (Lipinski definition) is 3. The van der Waals surface area contributed by atoms with Gasteiger partial charge in [0.05, 0.1) is 37.8 Å². The second-order valence-electron chi connectivity index (χ2n) is 14.6. The number of para-hydroxylation sites is 2. The Morgan fingerprint density at radius 2 is 1.05 bits per heavy atom. The zero-order valence-electron chi connectivity index (χ0n) is 29.4. The molecule has 55 heavy (non-hydrogen) atoms. The van der Waals surface area contributed by atoms with Crippen molar-refractivity contribution in [2.24, 2.45) is 0 Å². The molecule has 0 saturated carbocycles. The number of fused-ring (bicyclic) bond motifs is 14. The van der Waals surface area contributed by atoms with E-state index in [2.05, 4.69) is 179 Å². The van der Waals surface area contributed by atoms with Crippen LogP contribution < -0.4 is 0 Å². The van der Waals surface area contributed by atoms with Crippen molar-refractivity contribution in [1.82, 2.24) is 18.9 Å². The van der Waals surface area contributed by atoms with Gasteiger partial charge in [0.1, 0.15) is 0 Å². The fourth-order valence-corrected chi connectivity index (χ4v) is 10.3. The Balaban J connectivity index is 1.22. The molecule has 13 aromatic rings. The highest BCUT2D eigenvalue weighted by molar-refractivity contribution is 7.26. The molecule has 0 atom stereocenters. The molecule has 0 radical (unpaired) electrons. The molecule has 0 amide bonds. The fraction of sp³-hybridized carbons (Fsp3) is 0. The Morgan fingerprint density at radius 3 is 1.87 bits per heavy atom. The average Bonchev–Trinajstić information content (AvgIpc) is 3.98. The molecule has 0 aliphatic carbocycles. The molecule has 0 fully saturated rings. The van der Waals surface area contributed by atoms with Crippen LogP contribution in [0.5, 0.6) is 0 Å². The zero-order valence-corrected chi connectivity index (χ0v) is 30.2. The van der Waals surface area contributed by atoms with E-state index in [-0.39, 0.29) is 0 Å². The number of hydrogen-bond donors (Lipinski definition) is 0. The van der Waals surface area contributed by atoms with Gasteiger partial charge in [0, 0.05) is 48.0 Å². The molecule has 0 unspecified atom stereocenters. The molecule has 0 aliphatic rings. The lowest BCUT2D eigenvalue weighted by Crippen LogP contribution is -2.01. The Hall–Kier alpha value is -7.08. The highest BCUT2D eigenvalue weighted by atomic mass is 32.1. The maximum atomic E-state index is 5.59. The average molecular weight is 717 g/mol. The molecule has 254 valence electrons. The summed E-state index contributed by atoms with van der Waals surface area (Å²) >= 11 is 1.78. The Bertz CT molecular complexity index is 3700. The fourth-order valence-electron chi connectivity index (χ4n) is 9.23. The summed E-state index contributed by atoms with van der Waals surface area (Å²) in [5.74, 6) is 1.62. The number of nitrogens with zero attached hydrogens (tertiary/aromatic N) is 4. The van der Waals surface area contributed by atoms with E-state index in [1.807, 2.05) is 0 Å². The third-order valence-electron chi connectivity index (χ3n) is 11.6. The van der Waals surface area contributed by atoms with Crippen molar-refractivity contribution in [3.8, 4) is 28.3 Å². The SMILES string of the molecule is c1ccc(-c2ccc(-c3nc(-n4c5cc6ccccc6cc5c5c6c7ccccc7n7c8ccccc8c(cc54)c67)c4sc5ccccc5c4n3)cc2)cc1. The van der Waals surface area contributed by atoms with Crippen molar-refractivity contribution >= 4 is 102 Å². The number of rotatable bonds is 3. The van der Waals surface area contributed by atoms with Crippen LogP contribution >= 0.6 is 11.3 Å². The van der Waals surface area contributed by atoms with E-state index >= 15 is 0 Å². The summed E-state index contributed by atoms with van der Waals surface area (Å²) in [6, 6.07) is 61.5. The van der Waals surface area contributed by atoms with Gasteiger partial charge in [-0.1, -0.05) is 133 Å². The Labute approximate surface area is 318 Å². The monoisotopic (exact) mass is 716 g/mol. The van der Waals surface area contributed by atoms with Gasteiger partial charge in [0.15, 0.2) is 11.6 Å². The van der Waals surface area contributed by atoms with Gasteiger partial charge in [-0.2, -0.15) is 0 Å². The first-order chi connectivity index (χ1) is 27.3. The van der Waals surface area contributed by atoms with Crippen molar-refractivity contribution in [2.75, 3.05) is 0 Å². The van der Waals surface area contributed by atoms with Gasteiger partial charge in [-0.25, -0.2) is 9.97 Å². The van der Waals surface area contributed by atoms with Crippen LogP contribution in [0.15, 0.2) is 170 Å². The number of aromatic nitrogens is 4. The van der Waals surface area contributed by atoms with Gasteiger partial charge in [0.2, 0.25) is 0 Å². The lowest BCUT2D eigenvalue weighted by atomic mass is 10.0. The quantitative estimate of drug-likeness (QED) is 0.182. The van der Waals surface area contributed by atoms with Gasteiger partial charge < -0.3 is 4.40 Å². The van der Waals surface area contributed by atoms with Crippen molar-refractivity contribution in [1.29, 1.82) is 0 Å². The molecular weight excluding hydrogens is 689 g/mol. The summed E-state index contributed by atoms with van der Waals surface area (Å²) in [6.07, 6.45) is 0. The Morgan fingerprint density at radius 1 is 0.418 bits per heavy atom. The lowest BCUT2D eigenvalue weighted by molar-refractivity contribution is 1.08. The summed E-state index contributed by atoms with van der Waals surface area (Å²) in [4.78, 5) is 10.9. The second kappa shape index (κ2) is 10.8. The van der Waals surface area contributed by atoms with Crippen LogP contribution in [-0.4, -0.2) is 18.9 Å². The third-order valence-corrected chi connectivity index (χ3v) is 12.8. The minimum Gasteiger partial charge on any atom is -0.308 e. The minimum absolute atomic E-state index is 0.717. The number of thiophene rings is 1. The van der Waals surface area contributed by atoms with Crippen LogP contribution in [0.2, 0.25) is 0 Å². The summed E-state index contributed by atoms with van der Waals surface area (Å²) in [5.41, 5.74) is 10.4. The predicted octanol–water partition coefficient (Wildman–Crippen LogP) is 13.6. The van der Waals surface area contributed by atoms with Gasteiger partial charge in [-0.3, -0.25) is 4.57 Å². The highest BCUT2D eigenvalue weighted by Crippen LogP contribution is 2.48. The first-order valence-corrected chi connectivity index (χ1v) is 19.5. The smallest absolute Gasteiger partial charge is 0.162 e. The van der Waals surface area contributed by atoms with E-state index in [1.165, 1.54) is 75.5 Å². The van der Waals surface area contributed by atoms with Crippen molar-refractivity contribution < 1.29 is 0 Å². The van der Waals surface area contributed by atoms with Crippen LogP contribution in [0.4, 0.5) is 0 Å². The molecule has 0 spiro atoms. The molecule has 0 aliphatic heterocycles. The largest absolute Gasteiger partial charge is 0.308 e.